The molecule has 1 N–H and O–H groups in total. The van der Waals surface area contributed by atoms with Crippen LogP contribution in [0.15, 0.2) is 24.3 Å². The second kappa shape index (κ2) is 4.82. The quantitative estimate of drug-likeness (QED) is 0.846. The van der Waals surface area contributed by atoms with E-state index in [0.29, 0.717) is 12.2 Å². The average molecular weight is 247 g/mol. The molecular weight excluding hydrogens is 230 g/mol. The van der Waals surface area contributed by atoms with E-state index >= 15 is 0 Å². The number of methoxy groups -OCH3 is 1. The lowest BCUT2D eigenvalue weighted by molar-refractivity contribution is -0.151. The molecular formula is C14H17NO3. The third-order valence-electron chi connectivity index (χ3n) is 3.22. The zero-order valence-electron chi connectivity index (χ0n) is 10.8. The van der Waals surface area contributed by atoms with Gasteiger partial charge in [-0.15, -0.1) is 0 Å². The number of carbonyl (C=O) groups is 1. The molecule has 1 heterocycles. The van der Waals surface area contributed by atoms with Crippen molar-refractivity contribution in [2.75, 3.05) is 7.11 Å². The van der Waals surface area contributed by atoms with Gasteiger partial charge in [0.25, 0.3) is 0 Å². The number of aromatic nitrogens is 1. The zero-order valence-corrected chi connectivity index (χ0v) is 10.8. The number of esters is 1. The molecule has 1 unspecified atom stereocenters. The van der Waals surface area contributed by atoms with Crippen molar-refractivity contribution in [3.63, 3.8) is 0 Å². The van der Waals surface area contributed by atoms with E-state index in [2.05, 4.69) is 4.74 Å². The van der Waals surface area contributed by atoms with E-state index in [4.69, 9.17) is 0 Å². The summed E-state index contributed by atoms with van der Waals surface area (Å²) in [6, 6.07) is 7.82. The Balaban J connectivity index is 2.64. The summed E-state index contributed by atoms with van der Waals surface area (Å²) in [7, 11) is 1.27. The van der Waals surface area contributed by atoms with Gasteiger partial charge in [0.2, 0.25) is 0 Å². The van der Waals surface area contributed by atoms with Crippen LogP contribution in [0.2, 0.25) is 0 Å². The van der Waals surface area contributed by atoms with Gasteiger partial charge in [-0.25, -0.2) is 4.79 Å². The summed E-state index contributed by atoms with van der Waals surface area (Å²) in [5, 5.41) is 11.1. The summed E-state index contributed by atoms with van der Waals surface area (Å²) in [6.07, 6.45) is -1.23. The van der Waals surface area contributed by atoms with Crippen molar-refractivity contribution in [2.45, 2.75) is 26.5 Å². The number of benzene rings is 1. The van der Waals surface area contributed by atoms with Crippen molar-refractivity contribution in [2.24, 2.45) is 0 Å². The zero-order chi connectivity index (χ0) is 13.3. The number of rotatable bonds is 3. The molecule has 0 fully saturated rings. The molecule has 0 radical (unpaired) electrons. The molecule has 2 rings (SSSR count). The number of fused-ring (bicyclic) bond motifs is 1. The van der Waals surface area contributed by atoms with Crippen molar-refractivity contribution in [3.05, 3.63) is 35.5 Å². The van der Waals surface area contributed by atoms with E-state index in [9.17, 15) is 9.90 Å². The molecule has 18 heavy (non-hydrogen) atoms. The Kier molecular flexibility index (Phi) is 3.39. The molecule has 4 heteroatoms. The maximum atomic E-state index is 11.5. The standard InChI is InChI=1S/C14H17NO3/c1-4-15-11-7-5-6-9(2)10(11)8-12(15)13(16)14(17)18-3/h5-8,13,16H,4H2,1-3H3. The number of ether oxygens (including phenoxy) is 1. The highest BCUT2D eigenvalue weighted by Gasteiger charge is 2.23. The van der Waals surface area contributed by atoms with E-state index in [-0.39, 0.29) is 0 Å². The van der Waals surface area contributed by atoms with Crippen LogP contribution in [-0.2, 0) is 16.1 Å². The van der Waals surface area contributed by atoms with E-state index in [1.54, 1.807) is 0 Å². The van der Waals surface area contributed by atoms with Crippen molar-refractivity contribution >= 4 is 16.9 Å². The second-order valence-corrected chi connectivity index (χ2v) is 4.25. The lowest BCUT2D eigenvalue weighted by Crippen LogP contribution is -2.17. The molecule has 96 valence electrons. The minimum absolute atomic E-state index is 0.577. The Morgan fingerprint density at radius 2 is 2.22 bits per heavy atom. The van der Waals surface area contributed by atoms with E-state index in [0.717, 1.165) is 16.5 Å². The number of aliphatic hydroxyl groups excluding tert-OH is 1. The topological polar surface area (TPSA) is 51.5 Å². The minimum atomic E-state index is -1.23. The fourth-order valence-electron chi connectivity index (χ4n) is 2.27. The van der Waals surface area contributed by atoms with E-state index < -0.39 is 12.1 Å². The molecule has 1 aromatic heterocycles. The summed E-state index contributed by atoms with van der Waals surface area (Å²) in [5.74, 6) is -0.634. The predicted octanol–water partition coefficient (Wildman–Crippen LogP) is 2.18. The van der Waals surface area contributed by atoms with Crippen LogP contribution >= 0.6 is 0 Å². The molecule has 0 spiro atoms. The first kappa shape index (κ1) is 12.6. The normalized spacial score (nSPS) is 12.7. The molecule has 0 aliphatic carbocycles. The van der Waals surface area contributed by atoms with Crippen molar-refractivity contribution in [1.29, 1.82) is 0 Å². The number of carbonyl (C=O) groups excluding carboxylic acids is 1. The summed E-state index contributed by atoms with van der Waals surface area (Å²) in [6.45, 7) is 4.68. The van der Waals surface area contributed by atoms with Crippen molar-refractivity contribution in [3.8, 4) is 0 Å². The minimum Gasteiger partial charge on any atom is -0.467 e. The molecule has 0 aliphatic rings. The summed E-state index contributed by atoms with van der Waals surface area (Å²) in [5.41, 5.74) is 2.72. The molecule has 0 aliphatic heterocycles. The van der Waals surface area contributed by atoms with Crippen LogP contribution in [0.1, 0.15) is 24.3 Å². The molecule has 1 atom stereocenters. The fourth-order valence-corrected chi connectivity index (χ4v) is 2.27. The van der Waals surface area contributed by atoms with Gasteiger partial charge in [-0.1, -0.05) is 12.1 Å². The molecule has 0 saturated carbocycles. The second-order valence-electron chi connectivity index (χ2n) is 4.25. The maximum Gasteiger partial charge on any atom is 0.340 e. The summed E-state index contributed by atoms with van der Waals surface area (Å²) in [4.78, 5) is 11.5. The Labute approximate surface area is 106 Å². The van der Waals surface area contributed by atoms with E-state index in [1.807, 2.05) is 42.7 Å². The Morgan fingerprint density at radius 1 is 1.50 bits per heavy atom. The molecule has 2 aromatic rings. The fraction of sp³-hybridized carbons (Fsp3) is 0.357. The largest absolute Gasteiger partial charge is 0.467 e. The van der Waals surface area contributed by atoms with Gasteiger partial charge in [0.05, 0.1) is 12.8 Å². The Bertz CT molecular complexity index is 586. The van der Waals surface area contributed by atoms with Gasteiger partial charge in [0.15, 0.2) is 6.10 Å². The van der Waals surface area contributed by atoms with Gasteiger partial charge in [-0.05, 0) is 31.5 Å². The van der Waals surface area contributed by atoms with Crippen LogP contribution in [-0.4, -0.2) is 22.8 Å². The first-order chi connectivity index (χ1) is 8.60. The highest BCUT2D eigenvalue weighted by molar-refractivity contribution is 5.87. The third-order valence-corrected chi connectivity index (χ3v) is 3.22. The van der Waals surface area contributed by atoms with Crippen LogP contribution < -0.4 is 0 Å². The van der Waals surface area contributed by atoms with Gasteiger partial charge in [-0.2, -0.15) is 0 Å². The van der Waals surface area contributed by atoms with Crippen LogP contribution in [0.3, 0.4) is 0 Å². The number of aryl methyl sites for hydroxylation is 2. The number of aliphatic hydroxyl groups is 1. The van der Waals surface area contributed by atoms with Crippen molar-refractivity contribution < 1.29 is 14.6 Å². The number of hydrogen-bond donors (Lipinski definition) is 1. The number of hydrogen-bond acceptors (Lipinski definition) is 3. The first-order valence-electron chi connectivity index (χ1n) is 5.94. The average Bonchev–Trinajstić information content (AvgIpc) is 2.76. The maximum absolute atomic E-state index is 11.5. The molecule has 0 bridgehead atoms. The smallest absolute Gasteiger partial charge is 0.340 e. The Morgan fingerprint density at radius 3 is 2.83 bits per heavy atom. The highest BCUT2D eigenvalue weighted by Crippen LogP contribution is 2.27. The molecule has 0 amide bonds. The highest BCUT2D eigenvalue weighted by atomic mass is 16.5. The lowest BCUT2D eigenvalue weighted by atomic mass is 10.1. The predicted molar refractivity (Wildman–Crippen MR) is 69.3 cm³/mol. The van der Waals surface area contributed by atoms with Crippen molar-refractivity contribution in [1.82, 2.24) is 4.57 Å². The van der Waals surface area contributed by atoms with Crippen LogP contribution in [0, 0.1) is 6.92 Å². The van der Waals surface area contributed by atoms with E-state index in [1.165, 1.54) is 7.11 Å². The lowest BCUT2D eigenvalue weighted by Gasteiger charge is -2.12. The van der Waals surface area contributed by atoms with Crippen LogP contribution in [0.4, 0.5) is 0 Å². The summed E-state index contributed by atoms with van der Waals surface area (Å²) < 4.78 is 6.52. The molecule has 0 saturated heterocycles. The molecule has 4 nitrogen and oxygen atoms in total. The van der Waals surface area contributed by atoms with Crippen LogP contribution in [0.25, 0.3) is 10.9 Å². The van der Waals surface area contributed by atoms with Gasteiger partial charge in [-0.3, -0.25) is 0 Å². The number of nitrogens with zero attached hydrogens (tertiary/aromatic N) is 1. The van der Waals surface area contributed by atoms with Crippen LogP contribution in [0.5, 0.6) is 0 Å². The SMILES string of the molecule is CCn1c(C(O)C(=O)OC)cc2c(C)cccc21. The first-order valence-corrected chi connectivity index (χ1v) is 5.94. The Hall–Kier alpha value is -1.81. The van der Waals surface area contributed by atoms with Gasteiger partial charge < -0.3 is 14.4 Å². The van der Waals surface area contributed by atoms with Gasteiger partial charge in [0, 0.05) is 17.4 Å². The summed E-state index contributed by atoms with van der Waals surface area (Å²) >= 11 is 0. The van der Waals surface area contributed by atoms with Gasteiger partial charge in [0.1, 0.15) is 0 Å². The molecule has 1 aromatic carbocycles. The third kappa shape index (κ3) is 1.88. The van der Waals surface area contributed by atoms with Gasteiger partial charge >= 0.3 is 5.97 Å². The monoisotopic (exact) mass is 247 g/mol.